The van der Waals surface area contributed by atoms with Crippen LogP contribution in [0.25, 0.3) is 0 Å². The quantitative estimate of drug-likeness (QED) is 0.429. The molecule has 0 aromatic heterocycles. The minimum absolute atomic E-state index is 0.00921. The molecule has 4 rings (SSSR count). The molecule has 0 saturated heterocycles. The fraction of sp³-hybridized carbons (Fsp3) is 0.560. The van der Waals surface area contributed by atoms with Crippen molar-refractivity contribution in [3.8, 4) is 0 Å². The van der Waals surface area contributed by atoms with Crippen molar-refractivity contribution in [1.29, 1.82) is 0 Å². The summed E-state index contributed by atoms with van der Waals surface area (Å²) < 4.78 is 0. The Labute approximate surface area is 172 Å². The zero-order chi connectivity index (χ0) is 20.7. The van der Waals surface area contributed by atoms with E-state index in [1.165, 1.54) is 0 Å². The van der Waals surface area contributed by atoms with Gasteiger partial charge in [-0.05, 0) is 62.5 Å². The molecule has 154 valence electrons. The molecule has 0 aromatic carbocycles. The van der Waals surface area contributed by atoms with E-state index in [0.29, 0.717) is 23.0 Å². The molecule has 3 fully saturated rings. The van der Waals surface area contributed by atoms with E-state index < -0.39 is 0 Å². The summed E-state index contributed by atoms with van der Waals surface area (Å²) in [5, 5.41) is 10.5. The molecule has 1 N–H and O–H groups in total. The van der Waals surface area contributed by atoms with Crippen LogP contribution in [0.15, 0.2) is 47.3 Å². The molecule has 0 aromatic rings. The van der Waals surface area contributed by atoms with Crippen LogP contribution in [0.5, 0.6) is 0 Å². The topological polar surface area (TPSA) is 71.4 Å². The summed E-state index contributed by atoms with van der Waals surface area (Å²) in [4.78, 5) is 37.8. The first-order valence-corrected chi connectivity index (χ1v) is 11.0. The lowest BCUT2D eigenvalue weighted by Crippen LogP contribution is -2.25. The molecule has 4 heteroatoms. The summed E-state index contributed by atoms with van der Waals surface area (Å²) in [7, 11) is 0. The number of rotatable bonds is 3. The molecule has 0 bridgehead atoms. The third-order valence-corrected chi connectivity index (χ3v) is 7.41. The van der Waals surface area contributed by atoms with Crippen molar-refractivity contribution in [2.75, 3.05) is 0 Å². The molecule has 0 aliphatic heterocycles. The van der Waals surface area contributed by atoms with Crippen LogP contribution in [-0.2, 0) is 14.4 Å². The van der Waals surface area contributed by atoms with E-state index >= 15 is 0 Å². The Morgan fingerprint density at radius 2 is 1.31 bits per heavy atom. The number of Topliss-reactive ketones (excluding diaryl/α,β-unsaturated/α-hetero) is 3. The Hall–Kier alpha value is -2.23. The predicted octanol–water partition coefficient (Wildman–Crippen LogP) is 4.68. The van der Waals surface area contributed by atoms with Gasteiger partial charge in [-0.3, -0.25) is 14.4 Å². The van der Waals surface area contributed by atoms with Gasteiger partial charge in [0.15, 0.2) is 17.3 Å². The number of carbonyl (C=O) groups excluding carboxylic acids is 3. The number of hydrogen-bond donors (Lipinski definition) is 1. The number of aliphatic hydroxyl groups is 1. The van der Waals surface area contributed by atoms with Gasteiger partial charge in [0.2, 0.25) is 0 Å². The van der Waals surface area contributed by atoms with Crippen LogP contribution in [0.2, 0.25) is 0 Å². The van der Waals surface area contributed by atoms with E-state index in [-0.39, 0.29) is 46.8 Å². The molecular formula is C25H30O4. The van der Waals surface area contributed by atoms with Crippen LogP contribution in [0, 0.1) is 35.5 Å². The molecular weight excluding hydrogens is 364 g/mol. The number of carbonyl (C=O) groups is 3. The number of allylic oxidation sites excluding steroid dienone is 8. The van der Waals surface area contributed by atoms with Crippen molar-refractivity contribution in [3.05, 3.63) is 47.3 Å². The Bertz CT molecular complexity index is 856. The third-order valence-electron chi connectivity index (χ3n) is 7.41. The standard InChI is InChI=1S/C25H30O4/c1-14-8-10-16-20(12-14)24(28)18(22(16)26)6-4-3-5-7-19-23(27)17-11-9-15(2)13-21(17)25(19)29/h3-7,14-17,20-21,28H,8-13H2,1-2H3. The average molecular weight is 395 g/mol. The van der Waals surface area contributed by atoms with E-state index in [0.717, 1.165) is 38.5 Å². The summed E-state index contributed by atoms with van der Waals surface area (Å²) in [6.45, 7) is 4.31. The van der Waals surface area contributed by atoms with E-state index in [2.05, 4.69) is 13.8 Å². The highest BCUT2D eigenvalue weighted by Crippen LogP contribution is 2.45. The molecule has 6 atom stereocenters. The zero-order valence-electron chi connectivity index (χ0n) is 17.3. The van der Waals surface area contributed by atoms with E-state index in [1.54, 1.807) is 30.4 Å². The van der Waals surface area contributed by atoms with Crippen LogP contribution in [0.3, 0.4) is 0 Å². The monoisotopic (exact) mass is 394 g/mol. The van der Waals surface area contributed by atoms with Gasteiger partial charge in [-0.15, -0.1) is 0 Å². The van der Waals surface area contributed by atoms with Gasteiger partial charge in [-0.25, -0.2) is 0 Å². The molecule has 6 unspecified atom stereocenters. The van der Waals surface area contributed by atoms with Crippen molar-refractivity contribution < 1.29 is 19.5 Å². The van der Waals surface area contributed by atoms with Gasteiger partial charge in [-0.1, -0.05) is 32.1 Å². The normalized spacial score (nSPS) is 39.2. The number of ketones is 3. The molecule has 0 amide bonds. The Kier molecular flexibility index (Phi) is 5.46. The van der Waals surface area contributed by atoms with Crippen molar-refractivity contribution in [2.45, 2.75) is 52.4 Å². The smallest absolute Gasteiger partial charge is 0.170 e. The van der Waals surface area contributed by atoms with Gasteiger partial charge >= 0.3 is 0 Å². The number of hydrogen-bond acceptors (Lipinski definition) is 4. The highest BCUT2D eigenvalue weighted by atomic mass is 16.3. The first-order chi connectivity index (χ1) is 13.9. The summed E-state index contributed by atoms with van der Waals surface area (Å²) in [5.74, 6) is 0.929. The molecule has 0 radical (unpaired) electrons. The molecule has 0 heterocycles. The van der Waals surface area contributed by atoms with Gasteiger partial charge in [0.1, 0.15) is 5.76 Å². The highest BCUT2D eigenvalue weighted by molar-refractivity contribution is 6.27. The maximum absolute atomic E-state index is 12.6. The third kappa shape index (κ3) is 3.58. The fourth-order valence-electron chi connectivity index (χ4n) is 5.73. The lowest BCUT2D eigenvalue weighted by molar-refractivity contribution is -0.121. The summed E-state index contributed by atoms with van der Waals surface area (Å²) in [6.07, 6.45) is 13.8. The van der Waals surface area contributed by atoms with Crippen molar-refractivity contribution in [3.63, 3.8) is 0 Å². The van der Waals surface area contributed by atoms with E-state index in [9.17, 15) is 19.5 Å². The van der Waals surface area contributed by atoms with Crippen LogP contribution in [-0.4, -0.2) is 22.5 Å². The lowest BCUT2D eigenvalue weighted by Gasteiger charge is -2.28. The Balaban J connectivity index is 1.44. The minimum Gasteiger partial charge on any atom is -0.511 e. The number of aliphatic hydroxyl groups excluding tert-OH is 1. The second-order valence-electron chi connectivity index (χ2n) is 9.48. The summed E-state index contributed by atoms with van der Waals surface area (Å²) in [6, 6.07) is 0. The second-order valence-corrected chi connectivity index (χ2v) is 9.48. The van der Waals surface area contributed by atoms with Crippen LogP contribution >= 0.6 is 0 Å². The fourth-order valence-corrected chi connectivity index (χ4v) is 5.73. The number of fused-ring (bicyclic) bond motifs is 2. The van der Waals surface area contributed by atoms with Crippen molar-refractivity contribution in [1.82, 2.24) is 0 Å². The Morgan fingerprint density at radius 1 is 0.724 bits per heavy atom. The van der Waals surface area contributed by atoms with Crippen molar-refractivity contribution >= 4 is 17.3 Å². The first kappa shape index (κ1) is 20.1. The maximum atomic E-state index is 12.6. The van der Waals surface area contributed by atoms with Crippen LogP contribution < -0.4 is 0 Å². The molecule has 4 aliphatic carbocycles. The maximum Gasteiger partial charge on any atom is 0.170 e. The Morgan fingerprint density at radius 3 is 2.00 bits per heavy atom. The lowest BCUT2D eigenvalue weighted by atomic mass is 9.75. The average Bonchev–Trinajstić information content (AvgIpc) is 3.07. The van der Waals surface area contributed by atoms with Crippen LogP contribution in [0.4, 0.5) is 0 Å². The zero-order valence-corrected chi connectivity index (χ0v) is 17.3. The predicted molar refractivity (Wildman–Crippen MR) is 111 cm³/mol. The van der Waals surface area contributed by atoms with E-state index in [4.69, 9.17) is 0 Å². The minimum atomic E-state index is -0.134. The van der Waals surface area contributed by atoms with Gasteiger partial charge in [0, 0.05) is 23.7 Å². The summed E-state index contributed by atoms with van der Waals surface area (Å²) >= 11 is 0. The van der Waals surface area contributed by atoms with Gasteiger partial charge in [0.05, 0.1) is 11.1 Å². The molecule has 3 saturated carbocycles. The SMILES string of the molecule is CC1CCC2C(=O)C(=CC=CC=CC3=C(O)C4CC(C)CCC4C3=O)C(=O)C2C1. The largest absolute Gasteiger partial charge is 0.511 e. The van der Waals surface area contributed by atoms with Crippen molar-refractivity contribution in [2.24, 2.45) is 35.5 Å². The second kappa shape index (κ2) is 7.89. The molecule has 29 heavy (non-hydrogen) atoms. The summed E-state index contributed by atoms with van der Waals surface area (Å²) in [5.41, 5.74) is 0.734. The van der Waals surface area contributed by atoms with Gasteiger partial charge in [0.25, 0.3) is 0 Å². The molecule has 4 nitrogen and oxygen atoms in total. The van der Waals surface area contributed by atoms with Crippen LogP contribution in [0.1, 0.15) is 52.4 Å². The highest BCUT2D eigenvalue weighted by Gasteiger charge is 2.47. The van der Waals surface area contributed by atoms with Gasteiger partial charge in [-0.2, -0.15) is 0 Å². The molecule has 0 spiro atoms. The first-order valence-electron chi connectivity index (χ1n) is 11.0. The van der Waals surface area contributed by atoms with Gasteiger partial charge < -0.3 is 5.11 Å². The van der Waals surface area contributed by atoms with E-state index in [1.807, 2.05) is 0 Å². The molecule has 4 aliphatic rings.